The maximum atomic E-state index is 12.4. The Morgan fingerprint density at radius 1 is 1.24 bits per heavy atom. The third kappa shape index (κ3) is 3.72. The van der Waals surface area contributed by atoms with E-state index < -0.39 is 0 Å². The maximum absolute atomic E-state index is 12.4. The van der Waals surface area contributed by atoms with E-state index in [-0.39, 0.29) is 11.9 Å². The minimum Gasteiger partial charge on any atom is -0.345 e. The zero-order valence-electron chi connectivity index (χ0n) is 12.9. The summed E-state index contributed by atoms with van der Waals surface area (Å²) in [5.41, 5.74) is 1.76. The lowest BCUT2D eigenvalue weighted by Gasteiger charge is -2.26. The van der Waals surface area contributed by atoms with Gasteiger partial charge in [0.05, 0.1) is 17.8 Å². The molecule has 1 N–H and O–H groups in total. The van der Waals surface area contributed by atoms with Gasteiger partial charge in [-0.25, -0.2) is 0 Å². The molecule has 4 nitrogen and oxygen atoms in total. The van der Waals surface area contributed by atoms with Crippen molar-refractivity contribution >= 4 is 5.91 Å². The summed E-state index contributed by atoms with van der Waals surface area (Å²) in [7, 11) is 1.81. The van der Waals surface area contributed by atoms with Crippen molar-refractivity contribution in [2.45, 2.75) is 32.7 Å². The number of rotatable bonds is 6. The van der Waals surface area contributed by atoms with Crippen LogP contribution in [0.3, 0.4) is 0 Å². The number of amides is 1. The van der Waals surface area contributed by atoms with Gasteiger partial charge in [0, 0.05) is 13.2 Å². The van der Waals surface area contributed by atoms with Crippen molar-refractivity contribution in [1.82, 2.24) is 15.1 Å². The largest absolute Gasteiger partial charge is 0.345 e. The molecule has 4 heteroatoms. The summed E-state index contributed by atoms with van der Waals surface area (Å²) >= 11 is 0. The van der Waals surface area contributed by atoms with Crippen molar-refractivity contribution in [2.75, 3.05) is 0 Å². The lowest BCUT2D eigenvalue weighted by atomic mass is 9.88. The Morgan fingerprint density at radius 3 is 2.43 bits per heavy atom. The Labute approximate surface area is 126 Å². The van der Waals surface area contributed by atoms with Crippen LogP contribution in [-0.2, 0) is 7.05 Å². The summed E-state index contributed by atoms with van der Waals surface area (Å²) in [5, 5.41) is 7.23. The molecule has 1 amide bonds. The highest BCUT2D eigenvalue weighted by Crippen LogP contribution is 2.27. The van der Waals surface area contributed by atoms with Gasteiger partial charge in [-0.3, -0.25) is 9.48 Å². The number of benzene rings is 1. The molecule has 112 valence electrons. The minimum absolute atomic E-state index is 0.0360. The molecule has 2 rings (SSSR count). The fourth-order valence-corrected chi connectivity index (χ4v) is 2.66. The predicted molar refractivity (Wildman–Crippen MR) is 83.9 cm³/mol. The smallest absolute Gasteiger partial charge is 0.254 e. The van der Waals surface area contributed by atoms with Gasteiger partial charge >= 0.3 is 0 Å². The predicted octanol–water partition coefficient (Wildman–Crippen LogP) is 3.33. The molecular formula is C17H23N3O. The molecule has 0 aliphatic rings. The highest BCUT2D eigenvalue weighted by atomic mass is 16.1. The summed E-state index contributed by atoms with van der Waals surface area (Å²) in [5.74, 6) is 0.358. The van der Waals surface area contributed by atoms with E-state index >= 15 is 0 Å². The fraction of sp³-hybridized carbons (Fsp3) is 0.412. The van der Waals surface area contributed by atoms with Crippen LogP contribution in [0.4, 0.5) is 0 Å². The van der Waals surface area contributed by atoms with E-state index in [1.54, 1.807) is 17.1 Å². The van der Waals surface area contributed by atoms with E-state index in [9.17, 15) is 4.79 Å². The normalized spacial score (nSPS) is 12.4. The van der Waals surface area contributed by atoms with Crippen molar-refractivity contribution in [1.29, 1.82) is 0 Å². The number of aryl methyl sites for hydroxylation is 1. The molecule has 21 heavy (non-hydrogen) atoms. The molecule has 0 aliphatic heterocycles. The number of carbonyl (C=O) groups is 1. The van der Waals surface area contributed by atoms with Crippen LogP contribution < -0.4 is 5.32 Å². The zero-order valence-corrected chi connectivity index (χ0v) is 12.9. The van der Waals surface area contributed by atoms with E-state index in [2.05, 4.69) is 36.4 Å². The van der Waals surface area contributed by atoms with Crippen molar-refractivity contribution < 1.29 is 4.79 Å². The zero-order chi connectivity index (χ0) is 15.2. The molecule has 0 fully saturated rings. The summed E-state index contributed by atoms with van der Waals surface area (Å²) in [6, 6.07) is 10.2. The molecule has 1 aromatic heterocycles. The molecule has 1 atom stereocenters. The highest BCUT2D eigenvalue weighted by Gasteiger charge is 2.23. The summed E-state index contributed by atoms with van der Waals surface area (Å²) in [6.07, 6.45) is 5.40. The fourth-order valence-electron chi connectivity index (χ4n) is 2.66. The number of nitrogens with zero attached hydrogens (tertiary/aromatic N) is 2. The molecule has 0 saturated heterocycles. The van der Waals surface area contributed by atoms with Gasteiger partial charge in [-0.1, -0.05) is 57.0 Å². The number of hydrogen-bond donors (Lipinski definition) is 1. The molecule has 0 spiro atoms. The SMILES string of the molecule is CCC(CC)C(NC(=O)c1cnn(C)c1)c1ccccc1. The number of nitrogens with one attached hydrogen (secondary N) is 1. The summed E-state index contributed by atoms with van der Waals surface area (Å²) in [4.78, 5) is 12.4. The Bertz CT molecular complexity index is 573. The minimum atomic E-state index is -0.0659. The molecule has 1 aromatic carbocycles. The topological polar surface area (TPSA) is 46.9 Å². The first kappa shape index (κ1) is 15.3. The summed E-state index contributed by atoms with van der Waals surface area (Å²) < 4.78 is 1.64. The Balaban J connectivity index is 2.22. The van der Waals surface area contributed by atoms with Gasteiger partial charge in [-0.15, -0.1) is 0 Å². The van der Waals surface area contributed by atoms with Crippen LogP contribution in [0.2, 0.25) is 0 Å². The van der Waals surface area contributed by atoms with Gasteiger partial charge in [0.15, 0.2) is 0 Å². The first-order valence-electron chi connectivity index (χ1n) is 7.50. The van der Waals surface area contributed by atoms with Gasteiger partial charge in [0.2, 0.25) is 0 Å². The first-order chi connectivity index (χ1) is 10.2. The Morgan fingerprint density at radius 2 is 1.90 bits per heavy atom. The summed E-state index contributed by atoms with van der Waals surface area (Å²) in [6.45, 7) is 4.33. The van der Waals surface area contributed by atoms with Crippen molar-refractivity contribution in [3.63, 3.8) is 0 Å². The van der Waals surface area contributed by atoms with Crippen molar-refractivity contribution in [2.24, 2.45) is 13.0 Å². The number of hydrogen-bond acceptors (Lipinski definition) is 2. The molecule has 0 aliphatic carbocycles. The molecule has 0 saturated carbocycles. The third-order valence-electron chi connectivity index (χ3n) is 3.93. The molecule has 1 unspecified atom stereocenters. The van der Waals surface area contributed by atoms with Gasteiger partial charge in [-0.2, -0.15) is 5.10 Å². The maximum Gasteiger partial charge on any atom is 0.254 e. The second-order valence-corrected chi connectivity index (χ2v) is 5.34. The number of aromatic nitrogens is 2. The van der Waals surface area contributed by atoms with E-state index in [1.807, 2.05) is 25.2 Å². The first-order valence-corrected chi connectivity index (χ1v) is 7.50. The van der Waals surface area contributed by atoms with Gasteiger partial charge in [0.25, 0.3) is 5.91 Å². The van der Waals surface area contributed by atoms with E-state index in [0.717, 1.165) is 18.4 Å². The lowest BCUT2D eigenvalue weighted by molar-refractivity contribution is 0.0919. The highest BCUT2D eigenvalue weighted by molar-refractivity contribution is 5.93. The average molecular weight is 285 g/mol. The quantitative estimate of drug-likeness (QED) is 0.885. The van der Waals surface area contributed by atoms with Crippen molar-refractivity contribution in [3.8, 4) is 0 Å². The molecule has 0 radical (unpaired) electrons. The van der Waals surface area contributed by atoms with Crippen LogP contribution in [0.25, 0.3) is 0 Å². The molecule has 1 heterocycles. The lowest BCUT2D eigenvalue weighted by Crippen LogP contribution is -2.33. The van der Waals surface area contributed by atoms with Crippen LogP contribution in [0, 0.1) is 5.92 Å². The molecular weight excluding hydrogens is 262 g/mol. The standard InChI is InChI=1S/C17H23N3O/c1-4-13(5-2)16(14-9-7-6-8-10-14)19-17(21)15-11-18-20(3)12-15/h6-13,16H,4-5H2,1-3H3,(H,19,21). The van der Waals surface area contributed by atoms with Gasteiger partial charge < -0.3 is 5.32 Å². The van der Waals surface area contributed by atoms with Crippen LogP contribution in [-0.4, -0.2) is 15.7 Å². The Kier molecular flexibility index (Phi) is 5.14. The van der Waals surface area contributed by atoms with Crippen LogP contribution in [0.5, 0.6) is 0 Å². The van der Waals surface area contributed by atoms with E-state index in [1.165, 1.54) is 0 Å². The van der Waals surface area contributed by atoms with E-state index in [4.69, 9.17) is 0 Å². The monoisotopic (exact) mass is 285 g/mol. The molecule has 2 aromatic rings. The van der Waals surface area contributed by atoms with Gasteiger partial charge in [-0.05, 0) is 11.5 Å². The average Bonchev–Trinajstić information content (AvgIpc) is 2.95. The third-order valence-corrected chi connectivity index (χ3v) is 3.93. The van der Waals surface area contributed by atoms with Crippen molar-refractivity contribution in [3.05, 3.63) is 53.9 Å². The van der Waals surface area contributed by atoms with E-state index in [0.29, 0.717) is 11.5 Å². The Hall–Kier alpha value is -2.10. The second-order valence-electron chi connectivity index (χ2n) is 5.34. The molecule has 0 bridgehead atoms. The van der Waals surface area contributed by atoms with Crippen LogP contribution in [0.15, 0.2) is 42.7 Å². The number of carbonyl (C=O) groups excluding carboxylic acids is 1. The second kappa shape index (κ2) is 7.07. The van der Waals surface area contributed by atoms with Gasteiger partial charge in [0.1, 0.15) is 0 Å². The van der Waals surface area contributed by atoms with Crippen LogP contribution >= 0.6 is 0 Å². The van der Waals surface area contributed by atoms with Crippen LogP contribution in [0.1, 0.15) is 48.7 Å².